The Kier molecular flexibility index (Phi) is 5.87. The first-order valence-electron chi connectivity index (χ1n) is 8.77. The molecule has 12 heteroatoms. The van der Waals surface area contributed by atoms with E-state index in [0.29, 0.717) is 11.6 Å². The van der Waals surface area contributed by atoms with Crippen LogP contribution >= 0.6 is 0 Å². The van der Waals surface area contributed by atoms with Crippen molar-refractivity contribution in [2.24, 2.45) is 5.73 Å². The van der Waals surface area contributed by atoms with Crippen LogP contribution in [0.3, 0.4) is 0 Å². The molecule has 0 saturated heterocycles. The number of hydrogen-bond acceptors (Lipinski definition) is 3. The molecule has 1 heterocycles. The lowest BCUT2D eigenvalue weighted by Gasteiger charge is -2.13. The number of carbonyl (C=O) groups is 3. The molecule has 3 rings (SSSR count). The van der Waals surface area contributed by atoms with Gasteiger partial charge in [0.05, 0.1) is 16.8 Å². The number of H-pyrrole nitrogens is 1. The molecule has 6 N–H and O–H groups in total. The Bertz CT molecular complexity index is 1170. The summed E-state index contributed by atoms with van der Waals surface area (Å²) in [5.41, 5.74) is 3.25. The summed E-state index contributed by atoms with van der Waals surface area (Å²) in [5.74, 6) is -3.80. The van der Waals surface area contributed by atoms with Crippen molar-refractivity contribution in [2.45, 2.75) is 6.18 Å². The molecule has 0 atom stereocenters. The number of aromatic amines is 1. The molecule has 0 bridgehead atoms. The zero-order chi connectivity index (χ0) is 23.6. The van der Waals surface area contributed by atoms with E-state index < -0.39 is 41.2 Å². The minimum Gasteiger partial charge on any atom is -0.478 e. The number of amides is 3. The molecule has 0 aliphatic carbocycles. The summed E-state index contributed by atoms with van der Waals surface area (Å²) in [7, 11) is 0. The molecule has 8 nitrogen and oxygen atoms in total. The Morgan fingerprint density at radius 2 is 1.66 bits per heavy atom. The van der Waals surface area contributed by atoms with Gasteiger partial charge in [-0.3, -0.25) is 4.79 Å². The average molecular weight is 450 g/mol. The van der Waals surface area contributed by atoms with Crippen LogP contribution in [0.25, 0.3) is 11.1 Å². The summed E-state index contributed by atoms with van der Waals surface area (Å²) in [4.78, 5) is 37.5. The second-order valence-corrected chi connectivity index (χ2v) is 6.44. The third kappa shape index (κ3) is 4.53. The summed E-state index contributed by atoms with van der Waals surface area (Å²) in [6.07, 6.45) is -3.81. The van der Waals surface area contributed by atoms with E-state index >= 15 is 0 Å². The highest BCUT2D eigenvalue weighted by Gasteiger charge is 2.35. The second-order valence-electron chi connectivity index (χ2n) is 6.44. The number of primary amides is 1. The number of anilines is 2. The molecule has 0 fully saturated rings. The molecule has 2 aromatic carbocycles. The Hall–Kier alpha value is -4.35. The summed E-state index contributed by atoms with van der Waals surface area (Å²) in [6, 6.07) is 6.93. The maximum absolute atomic E-state index is 14.0. The van der Waals surface area contributed by atoms with E-state index in [1.165, 1.54) is 24.3 Å². The Labute approximate surface area is 177 Å². The van der Waals surface area contributed by atoms with Gasteiger partial charge in [0.2, 0.25) is 0 Å². The number of carboxylic acids is 1. The zero-order valence-corrected chi connectivity index (χ0v) is 15.9. The predicted octanol–water partition coefficient (Wildman–Crippen LogP) is 4.28. The van der Waals surface area contributed by atoms with Crippen LogP contribution in [-0.2, 0) is 6.18 Å². The van der Waals surface area contributed by atoms with Gasteiger partial charge in [0.15, 0.2) is 5.82 Å². The standard InChI is InChI=1S/C20H14F4N4O4/c21-15-12(20(22,23)24)2-1-3-13(15)28-19(32)27-10-6-4-9(5-7-10)14-11(18(30)31)8-26-16(14)17(25)29/h1-8,26H,(H2,25,29)(H,30,31)(H2,27,28,32). The van der Waals surface area contributed by atoms with Gasteiger partial charge in [0.25, 0.3) is 5.91 Å². The number of benzene rings is 2. The number of halogens is 4. The lowest BCUT2D eigenvalue weighted by atomic mass is 10.0. The molecule has 3 amide bonds. The lowest BCUT2D eigenvalue weighted by molar-refractivity contribution is -0.139. The van der Waals surface area contributed by atoms with Crippen molar-refractivity contribution < 1.29 is 37.1 Å². The highest BCUT2D eigenvalue weighted by molar-refractivity contribution is 6.06. The van der Waals surface area contributed by atoms with Crippen LogP contribution in [0.1, 0.15) is 26.4 Å². The van der Waals surface area contributed by atoms with Crippen molar-refractivity contribution in [1.29, 1.82) is 0 Å². The molecule has 0 aliphatic heterocycles. The molecule has 1 aromatic heterocycles. The van der Waals surface area contributed by atoms with Gasteiger partial charge in [-0.25, -0.2) is 14.0 Å². The lowest BCUT2D eigenvalue weighted by Crippen LogP contribution is -2.21. The van der Waals surface area contributed by atoms with Crippen LogP contribution in [-0.4, -0.2) is 28.0 Å². The molecule has 0 saturated carbocycles. The van der Waals surface area contributed by atoms with Gasteiger partial charge < -0.3 is 26.5 Å². The molecule has 0 radical (unpaired) electrons. The van der Waals surface area contributed by atoms with Crippen molar-refractivity contribution in [3.05, 3.63) is 71.3 Å². The number of hydrogen-bond donors (Lipinski definition) is 5. The molecule has 3 aromatic rings. The normalized spacial score (nSPS) is 11.1. The fourth-order valence-electron chi connectivity index (χ4n) is 2.94. The predicted molar refractivity (Wildman–Crippen MR) is 106 cm³/mol. The van der Waals surface area contributed by atoms with Crippen LogP contribution in [0.4, 0.5) is 33.7 Å². The van der Waals surface area contributed by atoms with Crippen LogP contribution in [0.5, 0.6) is 0 Å². The molecule has 0 aliphatic rings. The van der Waals surface area contributed by atoms with E-state index in [-0.39, 0.29) is 22.5 Å². The summed E-state index contributed by atoms with van der Waals surface area (Å²) in [6.45, 7) is 0. The summed E-state index contributed by atoms with van der Waals surface area (Å²) in [5, 5.41) is 13.6. The summed E-state index contributed by atoms with van der Waals surface area (Å²) < 4.78 is 52.4. The first kappa shape index (κ1) is 22.3. The van der Waals surface area contributed by atoms with Gasteiger partial charge >= 0.3 is 18.2 Å². The zero-order valence-electron chi connectivity index (χ0n) is 15.9. The quantitative estimate of drug-likeness (QED) is 0.371. The van der Waals surface area contributed by atoms with E-state index in [0.717, 1.165) is 18.3 Å². The molecular formula is C20H14F4N4O4. The third-order valence-electron chi connectivity index (χ3n) is 4.34. The Balaban J connectivity index is 1.79. The van der Waals surface area contributed by atoms with E-state index in [1.54, 1.807) is 0 Å². The number of nitrogens with one attached hydrogen (secondary N) is 3. The van der Waals surface area contributed by atoms with Gasteiger partial charge in [-0.15, -0.1) is 0 Å². The smallest absolute Gasteiger partial charge is 0.419 e. The fourth-order valence-corrected chi connectivity index (χ4v) is 2.94. The van der Waals surface area contributed by atoms with Crippen molar-refractivity contribution in [3.63, 3.8) is 0 Å². The number of aromatic carboxylic acids is 1. The highest BCUT2D eigenvalue weighted by Crippen LogP contribution is 2.34. The Morgan fingerprint density at radius 1 is 1.00 bits per heavy atom. The van der Waals surface area contributed by atoms with Gasteiger partial charge in [-0.2, -0.15) is 13.2 Å². The number of nitrogens with two attached hydrogens (primary N) is 1. The van der Waals surface area contributed by atoms with Crippen LogP contribution in [0.2, 0.25) is 0 Å². The Morgan fingerprint density at radius 3 is 2.22 bits per heavy atom. The maximum Gasteiger partial charge on any atom is 0.419 e. The number of carboxylic acid groups (broad SMARTS) is 1. The number of urea groups is 1. The van der Waals surface area contributed by atoms with Gasteiger partial charge in [0, 0.05) is 17.4 Å². The number of rotatable bonds is 5. The van der Waals surface area contributed by atoms with E-state index in [4.69, 9.17) is 5.73 Å². The topological polar surface area (TPSA) is 137 Å². The van der Waals surface area contributed by atoms with Crippen LogP contribution in [0.15, 0.2) is 48.7 Å². The minimum absolute atomic E-state index is 0.0482. The van der Waals surface area contributed by atoms with Crippen LogP contribution in [0, 0.1) is 5.82 Å². The molecular weight excluding hydrogens is 436 g/mol. The van der Waals surface area contributed by atoms with Crippen molar-refractivity contribution in [3.8, 4) is 11.1 Å². The maximum atomic E-state index is 14.0. The first-order chi connectivity index (χ1) is 15.0. The monoisotopic (exact) mass is 450 g/mol. The second kappa shape index (κ2) is 8.41. The van der Waals surface area contributed by atoms with Crippen molar-refractivity contribution in [2.75, 3.05) is 10.6 Å². The fraction of sp³-hybridized carbons (Fsp3) is 0.0500. The minimum atomic E-state index is -4.93. The van der Waals surface area contributed by atoms with Gasteiger partial charge in [-0.1, -0.05) is 18.2 Å². The van der Waals surface area contributed by atoms with Crippen molar-refractivity contribution >= 4 is 29.3 Å². The van der Waals surface area contributed by atoms with Crippen LogP contribution < -0.4 is 16.4 Å². The van der Waals surface area contributed by atoms with Gasteiger partial charge in [-0.05, 0) is 29.8 Å². The van der Waals surface area contributed by atoms with Crippen molar-refractivity contribution in [1.82, 2.24) is 4.98 Å². The average Bonchev–Trinajstić information content (AvgIpc) is 3.15. The first-order valence-corrected chi connectivity index (χ1v) is 8.77. The van der Waals surface area contributed by atoms with E-state index in [1.807, 2.05) is 5.32 Å². The highest BCUT2D eigenvalue weighted by atomic mass is 19.4. The number of alkyl halides is 3. The number of aromatic nitrogens is 1. The summed E-state index contributed by atoms with van der Waals surface area (Å²) >= 11 is 0. The number of carbonyl (C=O) groups excluding carboxylic acids is 2. The van der Waals surface area contributed by atoms with E-state index in [2.05, 4.69) is 10.3 Å². The third-order valence-corrected chi connectivity index (χ3v) is 4.34. The molecule has 166 valence electrons. The largest absolute Gasteiger partial charge is 0.478 e. The molecule has 0 spiro atoms. The molecule has 32 heavy (non-hydrogen) atoms. The van der Waals surface area contributed by atoms with Gasteiger partial charge in [0.1, 0.15) is 5.69 Å². The SMILES string of the molecule is NC(=O)c1[nH]cc(C(=O)O)c1-c1ccc(NC(=O)Nc2cccc(C(F)(F)F)c2F)cc1. The molecule has 0 unspecified atom stereocenters. The van der Waals surface area contributed by atoms with E-state index in [9.17, 15) is 37.1 Å².